The highest BCUT2D eigenvalue weighted by molar-refractivity contribution is 7.89. The molecule has 2 N–H and O–H groups in total. The van der Waals surface area contributed by atoms with Crippen LogP contribution in [0.2, 0.25) is 0 Å². The molecule has 0 amide bonds. The number of hydrogen-bond donors (Lipinski definition) is 2. The Hall–Kier alpha value is -1.15. The molecule has 7 heteroatoms. The summed E-state index contributed by atoms with van der Waals surface area (Å²) in [6.45, 7) is 2.44. The highest BCUT2D eigenvalue weighted by Gasteiger charge is 2.23. The second-order valence-electron chi connectivity index (χ2n) is 4.35. The molecule has 1 unspecified atom stereocenters. The minimum Gasteiger partial charge on any atom is -0.447 e. The number of thiophene rings is 1. The van der Waals surface area contributed by atoms with Crippen LogP contribution in [0.5, 0.6) is 0 Å². The molecule has 0 bridgehead atoms. The summed E-state index contributed by atoms with van der Waals surface area (Å²) in [6, 6.07) is 6.76. The van der Waals surface area contributed by atoms with Crippen molar-refractivity contribution in [2.75, 3.05) is 7.05 Å². The largest absolute Gasteiger partial charge is 0.447 e. The number of rotatable bonds is 7. The van der Waals surface area contributed by atoms with E-state index in [1.165, 1.54) is 17.4 Å². The first kappa shape index (κ1) is 15.2. The Morgan fingerprint density at radius 3 is 2.75 bits per heavy atom. The van der Waals surface area contributed by atoms with Gasteiger partial charge in [0.15, 0.2) is 0 Å². The van der Waals surface area contributed by atoms with E-state index >= 15 is 0 Å². The van der Waals surface area contributed by atoms with E-state index in [-0.39, 0.29) is 11.1 Å². The number of furan rings is 1. The van der Waals surface area contributed by atoms with E-state index < -0.39 is 10.0 Å². The minimum atomic E-state index is -3.63. The van der Waals surface area contributed by atoms with Crippen molar-refractivity contribution in [1.29, 1.82) is 0 Å². The van der Waals surface area contributed by atoms with Crippen LogP contribution in [0.4, 0.5) is 0 Å². The maximum atomic E-state index is 12.3. The average Bonchev–Trinajstić information content (AvgIpc) is 3.07. The summed E-state index contributed by atoms with van der Waals surface area (Å²) in [5, 5.41) is 4.81. The van der Waals surface area contributed by atoms with Crippen molar-refractivity contribution in [2.24, 2.45) is 0 Å². The molecule has 0 aliphatic rings. The summed E-state index contributed by atoms with van der Waals surface area (Å²) in [6.07, 6.45) is 0.684. The van der Waals surface area contributed by atoms with Gasteiger partial charge in [0.05, 0.1) is 12.6 Å². The van der Waals surface area contributed by atoms with Crippen LogP contribution in [-0.2, 0) is 16.6 Å². The highest BCUT2D eigenvalue weighted by atomic mass is 32.2. The molecule has 5 nitrogen and oxygen atoms in total. The number of sulfonamides is 1. The van der Waals surface area contributed by atoms with Gasteiger partial charge < -0.3 is 9.73 Å². The lowest BCUT2D eigenvalue weighted by Gasteiger charge is -2.14. The lowest BCUT2D eigenvalue weighted by Crippen LogP contribution is -2.27. The van der Waals surface area contributed by atoms with Crippen molar-refractivity contribution in [3.63, 3.8) is 0 Å². The summed E-state index contributed by atoms with van der Waals surface area (Å²) in [7, 11) is -1.86. The Morgan fingerprint density at radius 2 is 2.15 bits per heavy atom. The minimum absolute atomic E-state index is 0.0437. The molecule has 2 aromatic rings. The first-order valence-electron chi connectivity index (χ1n) is 6.36. The zero-order valence-corrected chi connectivity index (χ0v) is 13.1. The molecule has 0 aromatic carbocycles. The van der Waals surface area contributed by atoms with Crippen molar-refractivity contribution in [3.05, 3.63) is 40.3 Å². The zero-order valence-electron chi connectivity index (χ0n) is 11.4. The summed E-state index contributed by atoms with van der Waals surface area (Å²) in [5.74, 6) is 0.594. The summed E-state index contributed by atoms with van der Waals surface area (Å²) in [5.41, 5.74) is 0. The third-order valence-electron chi connectivity index (χ3n) is 2.85. The lowest BCUT2D eigenvalue weighted by atomic mass is 10.2. The Bertz CT molecular complexity index is 632. The molecule has 0 radical (unpaired) electrons. The van der Waals surface area contributed by atoms with Crippen molar-refractivity contribution < 1.29 is 12.8 Å². The van der Waals surface area contributed by atoms with Gasteiger partial charge in [-0.1, -0.05) is 13.0 Å². The molecule has 0 saturated carbocycles. The fourth-order valence-corrected chi connectivity index (χ4v) is 4.03. The van der Waals surface area contributed by atoms with Crippen LogP contribution in [-0.4, -0.2) is 15.5 Å². The van der Waals surface area contributed by atoms with Crippen molar-refractivity contribution in [1.82, 2.24) is 10.0 Å². The van der Waals surface area contributed by atoms with Gasteiger partial charge >= 0.3 is 0 Å². The van der Waals surface area contributed by atoms with E-state index in [1.807, 2.05) is 24.4 Å². The van der Waals surface area contributed by atoms with Crippen LogP contribution in [0.25, 0.3) is 0 Å². The highest BCUT2D eigenvalue weighted by Crippen LogP contribution is 2.24. The molecule has 0 aliphatic carbocycles. The maximum Gasteiger partial charge on any atom is 0.274 e. The molecular formula is C13H18N2O3S2. The van der Waals surface area contributed by atoms with E-state index in [1.54, 1.807) is 13.1 Å². The normalized spacial score (nSPS) is 13.5. The van der Waals surface area contributed by atoms with Gasteiger partial charge in [-0.25, -0.2) is 13.1 Å². The molecule has 0 saturated heterocycles. The zero-order chi connectivity index (χ0) is 14.6. The van der Waals surface area contributed by atoms with E-state index in [9.17, 15) is 8.42 Å². The SMILES string of the molecule is CCC(NS(=O)(=O)c1ccc(CNC)o1)c1cccs1. The third kappa shape index (κ3) is 3.49. The summed E-state index contributed by atoms with van der Waals surface area (Å²) < 4.78 is 32.6. The fraction of sp³-hybridized carbons (Fsp3) is 0.385. The van der Waals surface area contributed by atoms with Gasteiger partial charge in [0.25, 0.3) is 10.0 Å². The van der Waals surface area contributed by atoms with Gasteiger partial charge in [-0.3, -0.25) is 0 Å². The standard InChI is InChI=1S/C13H18N2O3S2/c1-3-11(12-5-4-8-19-12)15-20(16,17)13-7-6-10(18-13)9-14-2/h4-8,11,14-15H,3,9H2,1-2H3. The van der Waals surface area contributed by atoms with E-state index in [4.69, 9.17) is 4.42 Å². The van der Waals surface area contributed by atoms with Crippen LogP contribution >= 0.6 is 11.3 Å². The van der Waals surface area contributed by atoms with Gasteiger partial charge in [-0.05, 0) is 37.0 Å². The molecule has 2 aromatic heterocycles. The van der Waals surface area contributed by atoms with Crippen LogP contribution in [0.15, 0.2) is 39.2 Å². The molecule has 2 heterocycles. The monoisotopic (exact) mass is 314 g/mol. The molecule has 0 fully saturated rings. The molecule has 110 valence electrons. The van der Waals surface area contributed by atoms with Gasteiger partial charge in [-0.15, -0.1) is 11.3 Å². The quantitative estimate of drug-likeness (QED) is 0.823. The molecule has 20 heavy (non-hydrogen) atoms. The van der Waals surface area contributed by atoms with E-state index in [0.29, 0.717) is 18.7 Å². The van der Waals surface area contributed by atoms with Crippen LogP contribution < -0.4 is 10.0 Å². The molecule has 2 rings (SSSR count). The Kier molecular flexibility index (Phi) is 4.98. The van der Waals surface area contributed by atoms with Crippen LogP contribution in [0.1, 0.15) is 30.0 Å². The number of hydrogen-bond acceptors (Lipinski definition) is 5. The Morgan fingerprint density at radius 1 is 1.35 bits per heavy atom. The number of nitrogens with one attached hydrogen (secondary N) is 2. The van der Waals surface area contributed by atoms with Crippen molar-refractivity contribution >= 4 is 21.4 Å². The molecule has 0 aliphatic heterocycles. The molecule has 1 atom stereocenters. The second-order valence-corrected chi connectivity index (χ2v) is 6.97. The molecule has 0 spiro atoms. The average molecular weight is 314 g/mol. The van der Waals surface area contributed by atoms with Gasteiger partial charge in [0, 0.05) is 4.88 Å². The van der Waals surface area contributed by atoms with Gasteiger partial charge in [-0.2, -0.15) is 0 Å². The van der Waals surface area contributed by atoms with Gasteiger partial charge in [0.2, 0.25) is 5.09 Å². The summed E-state index contributed by atoms with van der Waals surface area (Å²) in [4.78, 5) is 0.998. The first-order valence-corrected chi connectivity index (χ1v) is 8.72. The van der Waals surface area contributed by atoms with Crippen LogP contribution in [0, 0.1) is 0 Å². The Balaban J connectivity index is 2.17. The smallest absolute Gasteiger partial charge is 0.274 e. The summed E-state index contributed by atoms with van der Waals surface area (Å²) >= 11 is 1.54. The lowest BCUT2D eigenvalue weighted by molar-refractivity contribution is 0.402. The Labute approximate surface area is 123 Å². The predicted octanol–water partition coefficient (Wildman–Crippen LogP) is 2.49. The maximum absolute atomic E-state index is 12.3. The predicted molar refractivity (Wildman–Crippen MR) is 79.1 cm³/mol. The molecular weight excluding hydrogens is 296 g/mol. The van der Waals surface area contributed by atoms with E-state index in [2.05, 4.69) is 10.0 Å². The van der Waals surface area contributed by atoms with Crippen LogP contribution in [0.3, 0.4) is 0 Å². The van der Waals surface area contributed by atoms with Crippen molar-refractivity contribution in [3.8, 4) is 0 Å². The van der Waals surface area contributed by atoms with E-state index in [0.717, 1.165) is 4.88 Å². The fourth-order valence-electron chi connectivity index (χ4n) is 1.85. The topological polar surface area (TPSA) is 71.3 Å². The first-order chi connectivity index (χ1) is 9.56. The van der Waals surface area contributed by atoms with Gasteiger partial charge in [0.1, 0.15) is 5.76 Å². The third-order valence-corrected chi connectivity index (χ3v) is 5.18. The van der Waals surface area contributed by atoms with Crippen molar-refractivity contribution in [2.45, 2.75) is 31.0 Å². The second kappa shape index (κ2) is 6.53.